The molecule has 0 aliphatic rings. The maximum Gasteiger partial charge on any atom is 0.151 e. The van der Waals surface area contributed by atoms with Gasteiger partial charge in [-0.15, -0.1) is 0 Å². The van der Waals surface area contributed by atoms with Crippen LogP contribution in [-0.2, 0) is 0 Å². The maximum atomic E-state index is 10.5. The molecule has 3 nitrogen and oxygen atoms in total. The normalized spacial score (nSPS) is 9.81. The molecule has 0 atom stereocenters. The van der Waals surface area contributed by atoms with Crippen molar-refractivity contribution >= 4 is 6.29 Å². The van der Waals surface area contributed by atoms with Gasteiger partial charge in [-0.25, -0.2) is 0 Å². The predicted molar refractivity (Wildman–Crippen MR) is 61.6 cm³/mol. The van der Waals surface area contributed by atoms with Crippen molar-refractivity contribution in [2.45, 2.75) is 0 Å². The SMILES string of the molecule is COc1ccc(-c2ccc(C=O)cn2)cc1. The van der Waals surface area contributed by atoms with Gasteiger partial charge in [-0.3, -0.25) is 9.78 Å². The summed E-state index contributed by atoms with van der Waals surface area (Å²) in [6.07, 6.45) is 2.34. The summed E-state index contributed by atoms with van der Waals surface area (Å²) in [6.45, 7) is 0. The number of benzene rings is 1. The van der Waals surface area contributed by atoms with Crippen molar-refractivity contribution in [3.8, 4) is 17.0 Å². The number of ether oxygens (including phenoxy) is 1. The molecule has 0 saturated heterocycles. The molecular weight excluding hydrogens is 202 g/mol. The minimum absolute atomic E-state index is 0.581. The number of carbonyl (C=O) groups excluding carboxylic acids is 1. The average Bonchev–Trinajstić information content (AvgIpc) is 2.39. The third kappa shape index (κ3) is 2.08. The van der Waals surface area contributed by atoms with Gasteiger partial charge in [-0.1, -0.05) is 0 Å². The number of pyridine rings is 1. The zero-order valence-corrected chi connectivity index (χ0v) is 8.88. The highest BCUT2D eigenvalue weighted by Gasteiger charge is 1.99. The lowest BCUT2D eigenvalue weighted by Crippen LogP contribution is -1.87. The van der Waals surface area contributed by atoms with Crippen molar-refractivity contribution in [3.63, 3.8) is 0 Å². The van der Waals surface area contributed by atoms with E-state index < -0.39 is 0 Å². The van der Waals surface area contributed by atoms with E-state index in [2.05, 4.69) is 4.98 Å². The number of aldehydes is 1. The monoisotopic (exact) mass is 213 g/mol. The highest BCUT2D eigenvalue weighted by atomic mass is 16.5. The first-order chi connectivity index (χ1) is 7.83. The van der Waals surface area contributed by atoms with Crippen LogP contribution in [0.3, 0.4) is 0 Å². The highest BCUT2D eigenvalue weighted by Crippen LogP contribution is 2.20. The Morgan fingerprint density at radius 3 is 2.38 bits per heavy atom. The van der Waals surface area contributed by atoms with Gasteiger partial charge in [0.05, 0.1) is 12.8 Å². The number of methoxy groups -OCH3 is 1. The van der Waals surface area contributed by atoms with Crippen LogP contribution in [0.1, 0.15) is 10.4 Å². The van der Waals surface area contributed by atoms with Gasteiger partial charge in [0.1, 0.15) is 5.75 Å². The second-order valence-corrected chi connectivity index (χ2v) is 3.32. The van der Waals surface area contributed by atoms with Crippen molar-refractivity contribution < 1.29 is 9.53 Å². The first-order valence-corrected chi connectivity index (χ1v) is 4.89. The third-order valence-corrected chi connectivity index (χ3v) is 2.31. The van der Waals surface area contributed by atoms with E-state index in [0.717, 1.165) is 23.3 Å². The van der Waals surface area contributed by atoms with E-state index in [1.165, 1.54) is 0 Å². The molecule has 3 heteroatoms. The van der Waals surface area contributed by atoms with Crippen LogP contribution >= 0.6 is 0 Å². The Morgan fingerprint density at radius 1 is 1.12 bits per heavy atom. The van der Waals surface area contributed by atoms with E-state index in [1.54, 1.807) is 19.4 Å². The average molecular weight is 213 g/mol. The fraction of sp³-hybridized carbons (Fsp3) is 0.0769. The second-order valence-electron chi connectivity index (χ2n) is 3.32. The lowest BCUT2D eigenvalue weighted by atomic mass is 10.1. The summed E-state index contributed by atoms with van der Waals surface area (Å²) in [7, 11) is 1.63. The quantitative estimate of drug-likeness (QED) is 0.735. The van der Waals surface area contributed by atoms with Crippen LogP contribution in [-0.4, -0.2) is 18.4 Å². The van der Waals surface area contributed by atoms with Gasteiger partial charge in [-0.2, -0.15) is 0 Å². The molecule has 1 aromatic heterocycles. The van der Waals surface area contributed by atoms with Crippen LogP contribution in [0.2, 0.25) is 0 Å². The molecule has 0 bridgehead atoms. The van der Waals surface area contributed by atoms with Crippen LogP contribution in [0, 0.1) is 0 Å². The summed E-state index contributed by atoms with van der Waals surface area (Å²) < 4.78 is 5.07. The molecule has 0 aliphatic carbocycles. The van der Waals surface area contributed by atoms with Crippen LogP contribution in [0.25, 0.3) is 11.3 Å². The van der Waals surface area contributed by atoms with Crippen molar-refractivity contribution in [2.75, 3.05) is 7.11 Å². The Balaban J connectivity index is 2.31. The summed E-state index contributed by atoms with van der Waals surface area (Å²) in [5.41, 5.74) is 2.42. The molecule has 1 aromatic carbocycles. The maximum absolute atomic E-state index is 10.5. The van der Waals surface area contributed by atoms with Crippen molar-refractivity contribution in [1.82, 2.24) is 4.98 Å². The second kappa shape index (κ2) is 4.57. The number of hydrogen-bond acceptors (Lipinski definition) is 3. The molecule has 80 valence electrons. The van der Waals surface area contributed by atoms with Crippen LogP contribution in [0.4, 0.5) is 0 Å². The van der Waals surface area contributed by atoms with E-state index in [1.807, 2.05) is 30.3 Å². The molecule has 0 amide bonds. The molecule has 16 heavy (non-hydrogen) atoms. The zero-order valence-electron chi connectivity index (χ0n) is 8.88. The standard InChI is InChI=1S/C13H11NO2/c1-16-12-5-3-11(4-6-12)13-7-2-10(9-15)8-14-13/h2-9H,1H3. The van der Waals surface area contributed by atoms with Crippen molar-refractivity contribution in [3.05, 3.63) is 48.2 Å². The molecule has 0 N–H and O–H groups in total. The molecule has 0 unspecified atom stereocenters. The largest absolute Gasteiger partial charge is 0.497 e. The molecular formula is C13H11NO2. The first kappa shape index (κ1) is 10.4. The first-order valence-electron chi connectivity index (χ1n) is 4.89. The minimum Gasteiger partial charge on any atom is -0.497 e. The number of hydrogen-bond donors (Lipinski definition) is 0. The fourth-order valence-corrected chi connectivity index (χ4v) is 1.41. The topological polar surface area (TPSA) is 39.2 Å². The van der Waals surface area contributed by atoms with Gasteiger partial charge in [-0.05, 0) is 36.4 Å². The van der Waals surface area contributed by atoms with Crippen molar-refractivity contribution in [1.29, 1.82) is 0 Å². The fourth-order valence-electron chi connectivity index (χ4n) is 1.41. The molecule has 0 spiro atoms. The van der Waals surface area contributed by atoms with Gasteiger partial charge in [0.25, 0.3) is 0 Å². The summed E-state index contributed by atoms with van der Waals surface area (Å²) in [4.78, 5) is 14.7. The number of nitrogens with zero attached hydrogens (tertiary/aromatic N) is 1. The number of rotatable bonds is 3. The minimum atomic E-state index is 0.581. The van der Waals surface area contributed by atoms with E-state index in [9.17, 15) is 4.79 Å². The molecule has 1 heterocycles. The Hall–Kier alpha value is -2.16. The van der Waals surface area contributed by atoms with Crippen molar-refractivity contribution in [2.24, 2.45) is 0 Å². The number of carbonyl (C=O) groups is 1. The number of aromatic nitrogens is 1. The van der Waals surface area contributed by atoms with Gasteiger partial charge in [0.15, 0.2) is 6.29 Å². The molecule has 2 aromatic rings. The molecule has 0 aliphatic heterocycles. The molecule has 0 radical (unpaired) electrons. The van der Waals surface area contributed by atoms with E-state index in [0.29, 0.717) is 5.56 Å². The van der Waals surface area contributed by atoms with E-state index >= 15 is 0 Å². The third-order valence-electron chi connectivity index (χ3n) is 2.31. The summed E-state index contributed by atoms with van der Waals surface area (Å²) in [5.74, 6) is 0.813. The van der Waals surface area contributed by atoms with Crippen LogP contribution in [0.15, 0.2) is 42.6 Å². The van der Waals surface area contributed by atoms with Crippen LogP contribution < -0.4 is 4.74 Å². The highest BCUT2D eigenvalue weighted by molar-refractivity contribution is 5.75. The Morgan fingerprint density at radius 2 is 1.88 bits per heavy atom. The van der Waals surface area contributed by atoms with E-state index in [4.69, 9.17) is 4.74 Å². The van der Waals surface area contributed by atoms with Gasteiger partial charge >= 0.3 is 0 Å². The Labute approximate surface area is 93.7 Å². The van der Waals surface area contributed by atoms with E-state index in [-0.39, 0.29) is 0 Å². The Bertz CT molecular complexity index is 474. The Kier molecular flexibility index (Phi) is 2.96. The van der Waals surface area contributed by atoms with Gasteiger partial charge < -0.3 is 4.74 Å². The molecule has 0 saturated carbocycles. The van der Waals surface area contributed by atoms with Gasteiger partial charge in [0, 0.05) is 17.3 Å². The lowest BCUT2D eigenvalue weighted by molar-refractivity contribution is 0.112. The molecule has 0 fully saturated rings. The smallest absolute Gasteiger partial charge is 0.151 e. The lowest BCUT2D eigenvalue weighted by Gasteiger charge is -2.02. The zero-order chi connectivity index (χ0) is 11.4. The summed E-state index contributed by atoms with van der Waals surface area (Å²) in [5, 5.41) is 0. The molecule has 2 rings (SSSR count). The predicted octanol–water partition coefficient (Wildman–Crippen LogP) is 2.57. The van der Waals surface area contributed by atoms with Gasteiger partial charge in [0.2, 0.25) is 0 Å². The van der Waals surface area contributed by atoms with Crippen LogP contribution in [0.5, 0.6) is 5.75 Å². The summed E-state index contributed by atoms with van der Waals surface area (Å²) in [6, 6.07) is 11.2. The summed E-state index contributed by atoms with van der Waals surface area (Å²) >= 11 is 0.